The van der Waals surface area contributed by atoms with Crippen molar-refractivity contribution in [2.24, 2.45) is 0 Å². The monoisotopic (exact) mass is 375 g/mol. The molecule has 128 valence electrons. The van der Waals surface area contributed by atoms with E-state index in [-0.39, 0.29) is 11.7 Å². The Kier molecular flexibility index (Phi) is 3.59. The Morgan fingerprint density at radius 1 is 1.36 bits per heavy atom. The second kappa shape index (κ2) is 5.57. The molecule has 2 heterocycles. The lowest BCUT2D eigenvalue weighted by Crippen LogP contribution is -2.65. The molecule has 2 aromatic rings. The first kappa shape index (κ1) is 16.1. The van der Waals surface area contributed by atoms with Gasteiger partial charge in [0.05, 0.1) is 11.0 Å². The fourth-order valence-corrected chi connectivity index (χ4v) is 4.02. The number of halogens is 1. The van der Waals surface area contributed by atoms with Crippen molar-refractivity contribution in [1.29, 1.82) is 0 Å². The number of nitrogens with zero attached hydrogens (tertiary/aromatic N) is 2. The Hall–Kier alpha value is -2.38. The van der Waals surface area contributed by atoms with Crippen LogP contribution >= 0.6 is 23.8 Å². The summed E-state index contributed by atoms with van der Waals surface area (Å²) < 4.78 is 6.24. The zero-order valence-electron chi connectivity index (χ0n) is 13.2. The lowest BCUT2D eigenvalue weighted by Gasteiger charge is -2.52. The lowest BCUT2D eigenvalue weighted by atomic mass is 9.90. The summed E-state index contributed by atoms with van der Waals surface area (Å²) in [6, 6.07) is 11.9. The number of ether oxygens (including phenoxy) is 1. The molecule has 8 heteroatoms. The molecule has 0 radical (unpaired) electrons. The topological polar surface area (TPSA) is 67.6 Å². The van der Waals surface area contributed by atoms with E-state index in [1.807, 2.05) is 24.0 Å². The summed E-state index contributed by atoms with van der Waals surface area (Å²) in [7, 11) is 0. The van der Waals surface area contributed by atoms with E-state index in [1.54, 1.807) is 24.3 Å². The first-order valence-electron chi connectivity index (χ1n) is 7.71. The molecule has 1 saturated heterocycles. The maximum absolute atomic E-state index is 11.1. The van der Waals surface area contributed by atoms with Crippen LogP contribution in [0.25, 0.3) is 0 Å². The van der Waals surface area contributed by atoms with Gasteiger partial charge in [-0.05, 0) is 49.5 Å². The SMILES string of the molecule is CC12CC(NC(=S)N1c1ccc(Cl)cc1)c1cc([N+](=O)[O-])ccc1O2. The Morgan fingerprint density at radius 3 is 2.76 bits per heavy atom. The minimum atomic E-state index is -0.691. The van der Waals surface area contributed by atoms with Gasteiger partial charge in [-0.2, -0.15) is 0 Å². The highest BCUT2D eigenvalue weighted by Gasteiger charge is 2.48. The number of anilines is 1. The maximum atomic E-state index is 11.1. The van der Waals surface area contributed by atoms with Crippen LogP contribution in [0.5, 0.6) is 5.75 Å². The van der Waals surface area contributed by atoms with Gasteiger partial charge in [-0.1, -0.05) is 11.6 Å². The van der Waals surface area contributed by atoms with Crippen molar-refractivity contribution in [3.8, 4) is 5.75 Å². The molecule has 2 unspecified atom stereocenters. The van der Waals surface area contributed by atoms with Crippen LogP contribution in [0.4, 0.5) is 11.4 Å². The average molecular weight is 376 g/mol. The highest BCUT2D eigenvalue weighted by atomic mass is 35.5. The summed E-state index contributed by atoms with van der Waals surface area (Å²) in [5, 5.41) is 15.5. The van der Waals surface area contributed by atoms with Crippen molar-refractivity contribution < 1.29 is 9.66 Å². The Balaban J connectivity index is 1.77. The normalized spacial score (nSPS) is 24.2. The molecule has 4 rings (SSSR count). The molecule has 0 aliphatic carbocycles. The Bertz CT molecular complexity index is 889. The summed E-state index contributed by atoms with van der Waals surface area (Å²) in [4.78, 5) is 12.6. The molecule has 2 aliphatic heterocycles. The lowest BCUT2D eigenvalue weighted by molar-refractivity contribution is -0.385. The highest BCUT2D eigenvalue weighted by molar-refractivity contribution is 7.80. The van der Waals surface area contributed by atoms with E-state index < -0.39 is 10.6 Å². The van der Waals surface area contributed by atoms with Gasteiger partial charge < -0.3 is 10.1 Å². The predicted octanol–water partition coefficient (Wildman–Crippen LogP) is 4.18. The van der Waals surface area contributed by atoms with Crippen LogP contribution < -0.4 is 15.0 Å². The molecule has 2 aromatic carbocycles. The van der Waals surface area contributed by atoms with Gasteiger partial charge in [0.1, 0.15) is 5.75 Å². The summed E-state index contributed by atoms with van der Waals surface area (Å²) in [5.74, 6) is 0.623. The number of benzene rings is 2. The van der Waals surface area contributed by atoms with Crippen LogP contribution in [0.2, 0.25) is 5.02 Å². The van der Waals surface area contributed by atoms with Crippen molar-refractivity contribution >= 4 is 40.3 Å². The molecular weight excluding hydrogens is 362 g/mol. The summed E-state index contributed by atoms with van der Waals surface area (Å²) >= 11 is 11.5. The number of hydrogen-bond acceptors (Lipinski definition) is 4. The molecular formula is C17H14ClN3O3S. The Labute approximate surface area is 154 Å². The molecule has 0 aromatic heterocycles. The van der Waals surface area contributed by atoms with Crippen molar-refractivity contribution in [3.05, 3.63) is 63.2 Å². The number of rotatable bonds is 2. The molecule has 0 amide bonds. The third-order valence-electron chi connectivity index (χ3n) is 4.55. The van der Waals surface area contributed by atoms with Gasteiger partial charge in [-0.25, -0.2) is 0 Å². The number of nitrogens with one attached hydrogen (secondary N) is 1. The van der Waals surface area contributed by atoms with Crippen molar-refractivity contribution in [2.45, 2.75) is 25.1 Å². The van der Waals surface area contributed by atoms with Gasteiger partial charge in [-0.15, -0.1) is 0 Å². The van der Waals surface area contributed by atoms with Gasteiger partial charge in [-0.3, -0.25) is 15.0 Å². The molecule has 2 aliphatic rings. The summed E-state index contributed by atoms with van der Waals surface area (Å²) in [6.45, 7) is 1.96. The van der Waals surface area contributed by atoms with Crippen molar-refractivity contribution in [3.63, 3.8) is 0 Å². The third-order valence-corrected chi connectivity index (χ3v) is 5.10. The Morgan fingerprint density at radius 2 is 2.08 bits per heavy atom. The van der Waals surface area contributed by atoms with E-state index in [4.69, 9.17) is 28.6 Å². The molecule has 25 heavy (non-hydrogen) atoms. The van der Waals surface area contributed by atoms with E-state index in [2.05, 4.69) is 5.32 Å². The molecule has 0 saturated carbocycles. The van der Waals surface area contributed by atoms with Crippen molar-refractivity contribution in [1.82, 2.24) is 5.32 Å². The quantitative estimate of drug-likeness (QED) is 0.482. The largest absolute Gasteiger partial charge is 0.467 e. The number of nitro groups is 1. The zero-order chi connectivity index (χ0) is 17.8. The first-order chi connectivity index (χ1) is 11.9. The number of fused-ring (bicyclic) bond motifs is 4. The van der Waals surface area contributed by atoms with Gasteiger partial charge >= 0.3 is 0 Å². The van der Waals surface area contributed by atoms with Crippen LogP contribution in [0.3, 0.4) is 0 Å². The van der Waals surface area contributed by atoms with E-state index in [0.717, 1.165) is 11.3 Å². The number of hydrogen-bond donors (Lipinski definition) is 1. The van der Waals surface area contributed by atoms with Gasteiger partial charge in [0.25, 0.3) is 5.69 Å². The van der Waals surface area contributed by atoms with E-state index in [0.29, 0.717) is 22.3 Å². The third kappa shape index (κ3) is 2.60. The van der Waals surface area contributed by atoms with Crippen LogP contribution in [-0.4, -0.2) is 15.8 Å². The molecule has 1 N–H and O–H groups in total. The fraction of sp³-hybridized carbons (Fsp3) is 0.235. The van der Waals surface area contributed by atoms with E-state index in [9.17, 15) is 10.1 Å². The molecule has 2 atom stereocenters. The van der Waals surface area contributed by atoms with Crippen LogP contribution in [-0.2, 0) is 0 Å². The van der Waals surface area contributed by atoms with Crippen LogP contribution in [0, 0.1) is 10.1 Å². The van der Waals surface area contributed by atoms with Crippen LogP contribution in [0.1, 0.15) is 24.9 Å². The average Bonchev–Trinajstić information content (AvgIpc) is 2.55. The minimum Gasteiger partial charge on any atom is -0.467 e. The van der Waals surface area contributed by atoms with Gasteiger partial charge in [0.15, 0.2) is 10.8 Å². The predicted molar refractivity (Wildman–Crippen MR) is 99.2 cm³/mol. The summed E-state index contributed by atoms with van der Waals surface area (Å²) in [6.07, 6.45) is 0.601. The second-order valence-corrected chi connectivity index (χ2v) is 7.10. The van der Waals surface area contributed by atoms with E-state index in [1.165, 1.54) is 6.07 Å². The van der Waals surface area contributed by atoms with E-state index >= 15 is 0 Å². The number of thiocarbonyl (C=S) groups is 1. The fourth-order valence-electron chi connectivity index (χ4n) is 3.46. The zero-order valence-corrected chi connectivity index (χ0v) is 14.8. The van der Waals surface area contributed by atoms with Gasteiger partial charge in [0.2, 0.25) is 0 Å². The molecule has 1 fully saturated rings. The molecule has 2 bridgehead atoms. The second-order valence-electron chi connectivity index (χ2n) is 6.27. The number of non-ortho nitro benzene ring substituents is 1. The minimum absolute atomic E-state index is 0.0406. The summed E-state index contributed by atoms with van der Waals surface area (Å²) in [5.41, 5.74) is 0.973. The highest BCUT2D eigenvalue weighted by Crippen LogP contribution is 2.46. The number of nitro benzene ring substituents is 1. The molecule has 0 spiro atoms. The van der Waals surface area contributed by atoms with Crippen molar-refractivity contribution in [2.75, 3.05) is 4.90 Å². The van der Waals surface area contributed by atoms with Crippen LogP contribution in [0.15, 0.2) is 42.5 Å². The maximum Gasteiger partial charge on any atom is 0.270 e. The van der Waals surface area contributed by atoms with Gasteiger partial charge in [0, 0.05) is 34.8 Å². The standard InChI is InChI=1S/C17H14ClN3O3S/c1-17-9-14(13-8-12(21(22)23)6-7-15(13)24-17)19-16(25)20(17)11-4-2-10(18)3-5-11/h2-8,14H,9H2,1H3,(H,19,25). The first-order valence-corrected chi connectivity index (χ1v) is 8.50. The molecule has 6 nitrogen and oxygen atoms in total. The smallest absolute Gasteiger partial charge is 0.270 e.